The van der Waals surface area contributed by atoms with Gasteiger partial charge in [0, 0.05) is 23.3 Å². The monoisotopic (exact) mass is 415 g/mol. The first-order valence-corrected chi connectivity index (χ1v) is 7.55. The molecule has 2 aromatic rings. The molecule has 5 heteroatoms. The lowest BCUT2D eigenvalue weighted by Gasteiger charge is -2.12. The van der Waals surface area contributed by atoms with Crippen LogP contribution in [0.1, 0.15) is 20.9 Å². The van der Waals surface area contributed by atoms with Gasteiger partial charge < -0.3 is 10.6 Å². The van der Waals surface area contributed by atoms with Gasteiger partial charge in [0.05, 0.1) is 6.54 Å². The predicted octanol–water partition coefficient (Wildman–Crippen LogP) is 3.85. The molecule has 0 aliphatic heterocycles. The Hall–Kier alpha value is -1.08. The molecule has 2 rings (SSSR count). The summed E-state index contributed by atoms with van der Waals surface area (Å²) in [6.07, 6.45) is 0. The standard InChI is InChI=1S/C16H21N3S.HI/c1-12-6-4-5-7-14(12)10-18-16(17-3)19-11-15-9-8-13(2)20-15;/h4-9H,10-11H2,1-3H3,(H2,17,18,19);1H. The maximum Gasteiger partial charge on any atom is 0.191 e. The van der Waals surface area contributed by atoms with Crippen LogP contribution in [0, 0.1) is 13.8 Å². The van der Waals surface area contributed by atoms with Gasteiger partial charge in [0.15, 0.2) is 5.96 Å². The Morgan fingerprint density at radius 1 is 1.05 bits per heavy atom. The highest BCUT2D eigenvalue weighted by Gasteiger charge is 2.02. The molecule has 0 saturated carbocycles. The van der Waals surface area contributed by atoms with Gasteiger partial charge in [-0.3, -0.25) is 4.99 Å². The number of thiophene rings is 1. The van der Waals surface area contributed by atoms with E-state index in [1.54, 1.807) is 7.05 Å². The number of aryl methyl sites for hydroxylation is 2. The second-order valence-electron chi connectivity index (χ2n) is 4.72. The lowest BCUT2D eigenvalue weighted by Crippen LogP contribution is -2.36. The third-order valence-electron chi connectivity index (χ3n) is 3.16. The lowest BCUT2D eigenvalue weighted by molar-refractivity contribution is 0.812. The van der Waals surface area contributed by atoms with E-state index >= 15 is 0 Å². The van der Waals surface area contributed by atoms with E-state index in [4.69, 9.17) is 0 Å². The van der Waals surface area contributed by atoms with Crippen LogP contribution in [0.15, 0.2) is 41.4 Å². The number of rotatable bonds is 4. The van der Waals surface area contributed by atoms with Gasteiger partial charge in [0.25, 0.3) is 0 Å². The first kappa shape index (κ1) is 18.0. The molecule has 0 spiro atoms. The van der Waals surface area contributed by atoms with E-state index in [-0.39, 0.29) is 24.0 Å². The van der Waals surface area contributed by atoms with Crippen molar-refractivity contribution in [3.8, 4) is 0 Å². The van der Waals surface area contributed by atoms with E-state index in [9.17, 15) is 0 Å². The van der Waals surface area contributed by atoms with Crippen molar-refractivity contribution in [2.24, 2.45) is 4.99 Å². The summed E-state index contributed by atoms with van der Waals surface area (Å²) in [5.41, 5.74) is 2.59. The second-order valence-corrected chi connectivity index (χ2v) is 6.09. The molecule has 1 heterocycles. The highest BCUT2D eigenvalue weighted by molar-refractivity contribution is 14.0. The summed E-state index contributed by atoms with van der Waals surface area (Å²) in [7, 11) is 1.80. The Balaban J connectivity index is 0.00000220. The molecule has 21 heavy (non-hydrogen) atoms. The quantitative estimate of drug-likeness (QED) is 0.452. The first-order chi connectivity index (χ1) is 9.69. The Morgan fingerprint density at radius 3 is 2.38 bits per heavy atom. The molecule has 2 N–H and O–H groups in total. The number of hydrogen-bond donors (Lipinski definition) is 2. The molecule has 0 unspecified atom stereocenters. The molecule has 0 aliphatic carbocycles. The van der Waals surface area contributed by atoms with Crippen molar-refractivity contribution < 1.29 is 0 Å². The van der Waals surface area contributed by atoms with E-state index in [1.165, 1.54) is 20.9 Å². The van der Waals surface area contributed by atoms with Crippen LogP contribution in [0.5, 0.6) is 0 Å². The number of nitrogens with one attached hydrogen (secondary N) is 2. The van der Waals surface area contributed by atoms with Crippen molar-refractivity contribution in [2.75, 3.05) is 7.05 Å². The predicted molar refractivity (Wildman–Crippen MR) is 103 cm³/mol. The summed E-state index contributed by atoms with van der Waals surface area (Å²) in [5.74, 6) is 0.833. The summed E-state index contributed by atoms with van der Waals surface area (Å²) in [4.78, 5) is 6.91. The molecular weight excluding hydrogens is 393 g/mol. The number of guanidine groups is 1. The fraction of sp³-hybridized carbons (Fsp3) is 0.312. The van der Waals surface area contributed by atoms with Crippen LogP contribution in [0.4, 0.5) is 0 Å². The van der Waals surface area contributed by atoms with Crippen molar-refractivity contribution >= 4 is 41.3 Å². The van der Waals surface area contributed by atoms with Crippen molar-refractivity contribution in [3.63, 3.8) is 0 Å². The van der Waals surface area contributed by atoms with Crippen molar-refractivity contribution in [1.29, 1.82) is 0 Å². The van der Waals surface area contributed by atoms with Crippen LogP contribution in [-0.2, 0) is 13.1 Å². The highest BCUT2D eigenvalue weighted by Crippen LogP contribution is 2.14. The third kappa shape index (κ3) is 5.67. The van der Waals surface area contributed by atoms with Crippen LogP contribution >= 0.6 is 35.3 Å². The van der Waals surface area contributed by atoms with Crippen LogP contribution < -0.4 is 10.6 Å². The lowest BCUT2D eigenvalue weighted by atomic mass is 10.1. The molecule has 0 amide bonds. The number of nitrogens with zero attached hydrogens (tertiary/aromatic N) is 1. The van der Waals surface area contributed by atoms with Crippen LogP contribution in [0.3, 0.4) is 0 Å². The second kappa shape index (κ2) is 9.04. The number of hydrogen-bond acceptors (Lipinski definition) is 2. The molecule has 114 valence electrons. The summed E-state index contributed by atoms with van der Waals surface area (Å²) in [6.45, 7) is 5.85. The molecule has 0 fully saturated rings. The summed E-state index contributed by atoms with van der Waals surface area (Å²) in [6, 6.07) is 12.7. The summed E-state index contributed by atoms with van der Waals surface area (Å²) >= 11 is 1.81. The van der Waals surface area contributed by atoms with Gasteiger partial charge in [-0.1, -0.05) is 24.3 Å². The average molecular weight is 415 g/mol. The summed E-state index contributed by atoms with van der Waals surface area (Å²) < 4.78 is 0. The Bertz CT molecular complexity index is 593. The molecule has 1 aromatic heterocycles. The molecule has 0 bridgehead atoms. The van der Waals surface area contributed by atoms with Gasteiger partial charge in [0.1, 0.15) is 0 Å². The van der Waals surface area contributed by atoms with Gasteiger partial charge >= 0.3 is 0 Å². The number of halogens is 1. The van der Waals surface area contributed by atoms with Crippen LogP contribution in [-0.4, -0.2) is 13.0 Å². The number of benzene rings is 1. The van der Waals surface area contributed by atoms with Gasteiger partial charge in [-0.15, -0.1) is 35.3 Å². The Labute approximate surface area is 147 Å². The maximum absolute atomic E-state index is 4.25. The molecule has 0 saturated heterocycles. The zero-order valence-electron chi connectivity index (χ0n) is 12.6. The molecule has 0 atom stereocenters. The normalized spacial score (nSPS) is 10.9. The van der Waals surface area contributed by atoms with Crippen molar-refractivity contribution in [1.82, 2.24) is 10.6 Å². The van der Waals surface area contributed by atoms with Gasteiger partial charge in [-0.25, -0.2) is 0 Å². The van der Waals surface area contributed by atoms with E-state index in [0.29, 0.717) is 0 Å². The van der Waals surface area contributed by atoms with E-state index in [1.807, 2.05) is 11.3 Å². The Morgan fingerprint density at radius 2 is 1.76 bits per heavy atom. The van der Waals surface area contributed by atoms with Crippen LogP contribution in [0.25, 0.3) is 0 Å². The molecule has 0 radical (unpaired) electrons. The van der Waals surface area contributed by atoms with Crippen molar-refractivity contribution in [3.05, 3.63) is 57.3 Å². The van der Waals surface area contributed by atoms with Crippen LogP contribution in [0.2, 0.25) is 0 Å². The minimum absolute atomic E-state index is 0. The SMILES string of the molecule is CN=C(NCc1ccc(C)s1)NCc1ccccc1C.I. The van der Waals surface area contributed by atoms with Gasteiger partial charge in [-0.05, 0) is 37.1 Å². The largest absolute Gasteiger partial charge is 0.352 e. The highest BCUT2D eigenvalue weighted by atomic mass is 127. The minimum atomic E-state index is 0. The van der Waals surface area contributed by atoms with E-state index < -0.39 is 0 Å². The molecular formula is C16H22IN3S. The summed E-state index contributed by atoms with van der Waals surface area (Å²) in [5, 5.41) is 6.69. The minimum Gasteiger partial charge on any atom is -0.352 e. The zero-order valence-corrected chi connectivity index (χ0v) is 15.8. The zero-order chi connectivity index (χ0) is 14.4. The molecule has 3 nitrogen and oxygen atoms in total. The van der Waals surface area contributed by atoms with E-state index in [2.05, 4.69) is 65.9 Å². The number of aliphatic imine (C=N–C) groups is 1. The fourth-order valence-electron chi connectivity index (χ4n) is 1.96. The Kier molecular flexibility index (Phi) is 7.74. The topological polar surface area (TPSA) is 36.4 Å². The molecule has 1 aromatic carbocycles. The van der Waals surface area contributed by atoms with Gasteiger partial charge in [-0.2, -0.15) is 0 Å². The maximum atomic E-state index is 4.25. The van der Waals surface area contributed by atoms with E-state index in [0.717, 1.165) is 19.0 Å². The van der Waals surface area contributed by atoms with Crippen molar-refractivity contribution in [2.45, 2.75) is 26.9 Å². The fourth-order valence-corrected chi connectivity index (χ4v) is 2.79. The van der Waals surface area contributed by atoms with Gasteiger partial charge in [0.2, 0.25) is 0 Å². The molecule has 0 aliphatic rings. The third-order valence-corrected chi connectivity index (χ3v) is 4.16. The smallest absolute Gasteiger partial charge is 0.191 e. The first-order valence-electron chi connectivity index (χ1n) is 6.73. The average Bonchev–Trinajstić information content (AvgIpc) is 2.86.